The number of hydrogen-bond donors (Lipinski definition) is 0. The second-order valence-electron chi connectivity index (χ2n) is 4.69. The van der Waals surface area contributed by atoms with Gasteiger partial charge >= 0.3 is 5.97 Å². The molecule has 0 bridgehead atoms. The molecule has 1 saturated heterocycles. The van der Waals surface area contributed by atoms with Crippen LogP contribution in [0.15, 0.2) is 0 Å². The first kappa shape index (κ1) is 14.3. The number of unbranched alkanes of at least 4 members (excludes halogenated alkanes) is 3. The van der Waals surface area contributed by atoms with E-state index in [0.29, 0.717) is 10.3 Å². The van der Waals surface area contributed by atoms with Crippen LogP contribution in [0.25, 0.3) is 0 Å². The average molecular weight is 338 g/mol. The molecule has 0 radical (unpaired) electrons. The van der Waals surface area contributed by atoms with Crippen LogP contribution in [0.2, 0.25) is 0 Å². The molecule has 1 heterocycles. The van der Waals surface area contributed by atoms with Gasteiger partial charge in [0, 0.05) is 10.3 Å². The van der Waals surface area contributed by atoms with Crippen molar-refractivity contribution in [3.8, 4) is 0 Å². The maximum atomic E-state index is 11.4. The third-order valence-corrected chi connectivity index (χ3v) is 4.23. The molecule has 0 aromatic carbocycles. The second-order valence-corrected chi connectivity index (χ2v) is 6.45. The quantitative estimate of drug-likeness (QED) is 0.324. The highest BCUT2D eigenvalue weighted by Gasteiger charge is 2.21. The second kappa shape index (κ2) is 8.31. The van der Waals surface area contributed by atoms with Gasteiger partial charge in [-0.3, -0.25) is 4.79 Å². The first-order chi connectivity index (χ1) is 7.72. The van der Waals surface area contributed by atoms with E-state index >= 15 is 0 Å². The van der Waals surface area contributed by atoms with Gasteiger partial charge in [0.15, 0.2) is 0 Å². The Balaban J connectivity index is 2.26. The van der Waals surface area contributed by atoms with E-state index in [4.69, 9.17) is 4.74 Å². The fraction of sp³-hybridized carbons (Fsp3) is 0.923. The molecule has 1 fully saturated rings. The number of hydrogen-bond acceptors (Lipinski definition) is 2. The zero-order chi connectivity index (χ0) is 11.8. The molecule has 0 aromatic heterocycles. The molecule has 0 amide bonds. The summed E-state index contributed by atoms with van der Waals surface area (Å²) >= 11 is 2.50. The summed E-state index contributed by atoms with van der Waals surface area (Å²) in [4.78, 5) is 11.4. The highest BCUT2D eigenvalue weighted by Crippen LogP contribution is 2.24. The smallest absolute Gasteiger partial charge is 0.306 e. The van der Waals surface area contributed by atoms with E-state index in [1.165, 1.54) is 32.1 Å². The number of ether oxygens (including phenoxy) is 1. The van der Waals surface area contributed by atoms with E-state index in [0.717, 1.165) is 19.3 Å². The zero-order valence-electron chi connectivity index (χ0n) is 10.2. The van der Waals surface area contributed by atoms with E-state index in [-0.39, 0.29) is 12.1 Å². The number of carbonyl (C=O) groups excluding carboxylic acids is 1. The molecule has 0 aliphatic carbocycles. The molecule has 1 aliphatic rings. The molecule has 1 rings (SSSR count). The average Bonchev–Trinajstić information content (AvgIpc) is 2.22. The number of rotatable bonds is 5. The number of alkyl halides is 1. The lowest BCUT2D eigenvalue weighted by Crippen LogP contribution is -2.24. The minimum atomic E-state index is 0.0174. The van der Waals surface area contributed by atoms with Gasteiger partial charge in [0.25, 0.3) is 0 Å². The fourth-order valence-electron chi connectivity index (χ4n) is 2.14. The first-order valence-electron chi connectivity index (χ1n) is 6.56. The van der Waals surface area contributed by atoms with Crippen LogP contribution in [0.4, 0.5) is 0 Å². The Bertz CT molecular complexity index is 206. The van der Waals surface area contributed by atoms with Crippen LogP contribution in [0.3, 0.4) is 0 Å². The SMILES string of the molecule is CCCCCC[C@@H]1C[C@H](I)CCCC(=O)O1. The lowest BCUT2D eigenvalue weighted by Gasteiger charge is -2.23. The summed E-state index contributed by atoms with van der Waals surface area (Å²) < 4.78 is 6.18. The molecule has 3 heteroatoms. The Labute approximate surface area is 113 Å². The van der Waals surface area contributed by atoms with Gasteiger partial charge in [-0.15, -0.1) is 0 Å². The monoisotopic (exact) mass is 338 g/mol. The molecule has 16 heavy (non-hydrogen) atoms. The Morgan fingerprint density at radius 2 is 2.19 bits per heavy atom. The number of carbonyl (C=O) groups is 1. The molecular weight excluding hydrogens is 315 g/mol. The van der Waals surface area contributed by atoms with Gasteiger partial charge in [-0.2, -0.15) is 0 Å². The van der Waals surface area contributed by atoms with Crippen LogP contribution < -0.4 is 0 Å². The van der Waals surface area contributed by atoms with Crippen LogP contribution in [0, 0.1) is 0 Å². The largest absolute Gasteiger partial charge is 0.462 e. The van der Waals surface area contributed by atoms with Crippen LogP contribution >= 0.6 is 22.6 Å². The highest BCUT2D eigenvalue weighted by atomic mass is 127. The molecule has 0 N–H and O–H groups in total. The van der Waals surface area contributed by atoms with Gasteiger partial charge in [0.2, 0.25) is 0 Å². The van der Waals surface area contributed by atoms with Crippen LogP contribution in [-0.4, -0.2) is 16.0 Å². The lowest BCUT2D eigenvalue weighted by atomic mass is 10.0. The summed E-state index contributed by atoms with van der Waals surface area (Å²) in [7, 11) is 0. The predicted molar refractivity (Wildman–Crippen MR) is 74.9 cm³/mol. The summed E-state index contributed by atoms with van der Waals surface area (Å²) in [6.07, 6.45) is 10.1. The Hall–Kier alpha value is 0.200. The molecule has 1 aliphatic heterocycles. The number of halogens is 1. The minimum Gasteiger partial charge on any atom is -0.462 e. The summed E-state index contributed by atoms with van der Waals surface area (Å²) in [5.74, 6) is 0.0174. The van der Waals surface area contributed by atoms with Gasteiger partial charge in [0.1, 0.15) is 6.10 Å². The summed E-state index contributed by atoms with van der Waals surface area (Å²) in [5.41, 5.74) is 0. The van der Waals surface area contributed by atoms with Crippen molar-refractivity contribution >= 4 is 28.6 Å². The van der Waals surface area contributed by atoms with Gasteiger partial charge in [-0.25, -0.2) is 0 Å². The highest BCUT2D eigenvalue weighted by molar-refractivity contribution is 14.1. The minimum absolute atomic E-state index is 0.0174. The van der Waals surface area contributed by atoms with E-state index < -0.39 is 0 Å². The van der Waals surface area contributed by atoms with Gasteiger partial charge in [-0.05, 0) is 32.1 Å². The number of cyclic esters (lactones) is 1. The van der Waals surface area contributed by atoms with Crippen LogP contribution in [0.1, 0.15) is 64.7 Å². The molecule has 2 nitrogen and oxygen atoms in total. The maximum Gasteiger partial charge on any atom is 0.306 e. The Morgan fingerprint density at radius 3 is 2.94 bits per heavy atom. The van der Waals surface area contributed by atoms with E-state index in [1.807, 2.05) is 0 Å². The maximum absolute atomic E-state index is 11.4. The molecular formula is C13H23IO2. The fourth-order valence-corrected chi connectivity index (χ4v) is 3.15. The van der Waals surface area contributed by atoms with Crippen molar-refractivity contribution in [1.82, 2.24) is 0 Å². The van der Waals surface area contributed by atoms with Gasteiger partial charge in [0.05, 0.1) is 0 Å². The Morgan fingerprint density at radius 1 is 1.38 bits per heavy atom. The molecule has 0 saturated carbocycles. The molecule has 0 unspecified atom stereocenters. The third kappa shape index (κ3) is 6.06. The molecule has 2 atom stereocenters. The molecule has 0 aromatic rings. The van der Waals surface area contributed by atoms with Gasteiger partial charge < -0.3 is 4.74 Å². The molecule has 0 spiro atoms. The van der Waals surface area contributed by atoms with E-state index in [2.05, 4.69) is 29.5 Å². The van der Waals surface area contributed by atoms with E-state index in [9.17, 15) is 4.79 Å². The third-order valence-electron chi connectivity index (χ3n) is 3.09. The van der Waals surface area contributed by atoms with Crippen molar-refractivity contribution in [3.05, 3.63) is 0 Å². The normalized spacial score (nSPS) is 27.0. The van der Waals surface area contributed by atoms with E-state index in [1.54, 1.807) is 0 Å². The van der Waals surface area contributed by atoms with Crippen molar-refractivity contribution in [2.75, 3.05) is 0 Å². The predicted octanol–water partition coefficient (Wildman–Crippen LogP) is 4.25. The number of esters is 1. The zero-order valence-corrected chi connectivity index (χ0v) is 12.4. The van der Waals surface area contributed by atoms with Crippen LogP contribution in [0.5, 0.6) is 0 Å². The van der Waals surface area contributed by atoms with Crippen LogP contribution in [-0.2, 0) is 9.53 Å². The Kier molecular flexibility index (Phi) is 7.41. The van der Waals surface area contributed by atoms with Crippen molar-refractivity contribution < 1.29 is 9.53 Å². The standard InChI is InChI=1S/C13H23IO2/c1-2-3-4-5-8-12-10-11(14)7-6-9-13(15)16-12/h11-12H,2-10H2,1H3/t11-,12-/m1/s1. The van der Waals surface area contributed by atoms with Gasteiger partial charge in [-0.1, -0.05) is 48.8 Å². The summed E-state index contributed by atoms with van der Waals surface area (Å²) in [5, 5.41) is 0. The summed E-state index contributed by atoms with van der Waals surface area (Å²) in [6.45, 7) is 2.22. The van der Waals surface area contributed by atoms with Crippen molar-refractivity contribution in [1.29, 1.82) is 0 Å². The molecule has 94 valence electrons. The lowest BCUT2D eigenvalue weighted by molar-refractivity contribution is -0.150. The first-order valence-corrected chi connectivity index (χ1v) is 7.80. The summed E-state index contributed by atoms with van der Waals surface area (Å²) in [6, 6.07) is 0. The van der Waals surface area contributed by atoms with Crippen molar-refractivity contribution in [2.24, 2.45) is 0 Å². The van der Waals surface area contributed by atoms with Crippen molar-refractivity contribution in [3.63, 3.8) is 0 Å². The van der Waals surface area contributed by atoms with Crippen molar-refractivity contribution in [2.45, 2.75) is 74.7 Å². The topological polar surface area (TPSA) is 26.3 Å².